The van der Waals surface area contributed by atoms with Crippen LogP contribution < -0.4 is 10.1 Å². The highest BCUT2D eigenvalue weighted by Crippen LogP contribution is 2.35. The number of nitrogens with one attached hydrogen (secondary N) is 1. The van der Waals surface area contributed by atoms with E-state index in [0.717, 1.165) is 0 Å². The van der Waals surface area contributed by atoms with Crippen molar-refractivity contribution in [3.05, 3.63) is 56.9 Å². The van der Waals surface area contributed by atoms with Crippen molar-refractivity contribution in [2.75, 3.05) is 12.0 Å². The lowest BCUT2D eigenvalue weighted by molar-refractivity contribution is 0.209. The average Bonchev–Trinajstić information content (AvgIpc) is 2.51. The molecule has 0 radical (unpaired) electrons. The molecule has 2 rings (SSSR count). The van der Waals surface area contributed by atoms with Gasteiger partial charge in [-0.3, -0.25) is 5.32 Å². The Kier molecular flexibility index (Phi) is 5.54. The summed E-state index contributed by atoms with van der Waals surface area (Å²) in [7, 11) is 0. The molecule has 0 aliphatic rings. The summed E-state index contributed by atoms with van der Waals surface area (Å²) in [6, 6.07) is 9.63. The quantitative estimate of drug-likeness (QED) is 0.427. The fraction of sp³-hybridized carbons (Fsp3) is 0.0714. The van der Waals surface area contributed by atoms with Crippen LogP contribution in [0.4, 0.5) is 10.5 Å². The fourth-order valence-electron chi connectivity index (χ4n) is 1.87. The van der Waals surface area contributed by atoms with Crippen molar-refractivity contribution in [1.82, 2.24) is 0 Å². The Balaban J connectivity index is 2.46. The number of carboxylic acid groups (broad SMARTS) is 1. The zero-order valence-corrected chi connectivity index (χ0v) is 13.0. The Hall–Kier alpha value is -2.60. The monoisotopic (exact) mass is 352 g/mol. The number of carbonyl (C=O) groups is 1. The first-order valence-electron chi connectivity index (χ1n) is 6.24. The molecule has 0 spiro atoms. The molecule has 0 fully saturated rings. The highest BCUT2D eigenvalue weighted by Gasteiger charge is 2.11. The first-order chi connectivity index (χ1) is 11.0. The van der Waals surface area contributed by atoms with Crippen molar-refractivity contribution in [1.29, 1.82) is 0 Å². The Morgan fingerprint density at radius 3 is 2.70 bits per heavy atom. The maximum atomic E-state index is 10.9. The van der Waals surface area contributed by atoms with Crippen LogP contribution in [0.5, 0.6) is 5.75 Å². The van der Waals surface area contributed by atoms with Gasteiger partial charge in [0.05, 0.1) is 15.7 Å². The molecule has 0 aliphatic carbocycles. The molecule has 0 aliphatic heterocycles. The fourth-order valence-corrected chi connectivity index (χ4v) is 2.17. The summed E-state index contributed by atoms with van der Waals surface area (Å²) in [4.78, 5) is 13.5. The molecule has 0 bridgehead atoms. The Bertz CT molecular complexity index is 792. The second-order valence-electron chi connectivity index (χ2n) is 4.27. The van der Waals surface area contributed by atoms with Gasteiger partial charge in [0.2, 0.25) is 0 Å². The number of hydrogen-bond acceptors (Lipinski definition) is 3. The van der Waals surface area contributed by atoms with Crippen molar-refractivity contribution in [2.45, 2.75) is 0 Å². The molecule has 118 valence electrons. The van der Waals surface area contributed by atoms with Crippen LogP contribution >= 0.6 is 23.2 Å². The topological polar surface area (TPSA) is 107 Å². The molecule has 23 heavy (non-hydrogen) atoms. The van der Waals surface area contributed by atoms with Crippen LogP contribution in [-0.2, 0) is 0 Å². The molecular formula is C14H10Cl2N4O3. The Morgan fingerprint density at radius 1 is 1.26 bits per heavy atom. The number of amides is 1. The van der Waals surface area contributed by atoms with Gasteiger partial charge >= 0.3 is 6.09 Å². The van der Waals surface area contributed by atoms with Gasteiger partial charge in [0, 0.05) is 10.5 Å². The summed E-state index contributed by atoms with van der Waals surface area (Å²) in [5.74, 6) is 0.411. The molecule has 7 nitrogen and oxygen atoms in total. The van der Waals surface area contributed by atoms with Crippen LogP contribution in [0, 0.1) is 0 Å². The third kappa shape index (κ3) is 4.43. The molecule has 0 heterocycles. The van der Waals surface area contributed by atoms with Gasteiger partial charge in [-0.1, -0.05) is 34.4 Å². The highest BCUT2D eigenvalue weighted by atomic mass is 35.5. The van der Waals surface area contributed by atoms with Gasteiger partial charge in [-0.15, -0.1) is 0 Å². The van der Waals surface area contributed by atoms with Crippen LogP contribution in [0.25, 0.3) is 21.6 Å². The van der Waals surface area contributed by atoms with Gasteiger partial charge in [0.1, 0.15) is 5.75 Å². The number of nitrogens with zero attached hydrogens (tertiary/aromatic N) is 3. The van der Waals surface area contributed by atoms with Gasteiger partial charge < -0.3 is 9.84 Å². The minimum absolute atomic E-state index is 0.178. The van der Waals surface area contributed by atoms with E-state index in [1.165, 1.54) is 6.07 Å². The predicted octanol–water partition coefficient (Wildman–Crippen LogP) is 5.40. The van der Waals surface area contributed by atoms with Crippen LogP contribution in [0.2, 0.25) is 10.0 Å². The van der Waals surface area contributed by atoms with Gasteiger partial charge in [-0.2, -0.15) is 0 Å². The molecule has 0 atom stereocenters. The molecule has 2 N–H and O–H groups in total. The molecular weight excluding hydrogens is 343 g/mol. The lowest BCUT2D eigenvalue weighted by Crippen LogP contribution is -2.08. The maximum Gasteiger partial charge on any atom is 0.409 e. The number of rotatable bonds is 5. The molecule has 0 aromatic heterocycles. The van der Waals surface area contributed by atoms with Crippen molar-refractivity contribution in [2.24, 2.45) is 5.11 Å². The van der Waals surface area contributed by atoms with E-state index in [0.29, 0.717) is 32.6 Å². The molecule has 1 amide bonds. The van der Waals surface area contributed by atoms with E-state index in [4.69, 9.17) is 38.6 Å². The summed E-state index contributed by atoms with van der Waals surface area (Å²) >= 11 is 11.9. The van der Waals surface area contributed by atoms with E-state index >= 15 is 0 Å². The maximum absolute atomic E-state index is 10.9. The normalized spacial score (nSPS) is 9.83. The van der Waals surface area contributed by atoms with Crippen LogP contribution in [-0.4, -0.2) is 17.9 Å². The standard InChI is InChI=1S/C14H10Cl2N4O3/c15-11-3-1-8(5-12(11)16)10-6-9(23-7-18-20-17)2-4-13(10)19-14(21)22/h1-6,19H,7H2,(H,21,22). The second kappa shape index (κ2) is 7.60. The van der Waals surface area contributed by atoms with E-state index < -0.39 is 6.09 Å². The van der Waals surface area contributed by atoms with Crippen molar-refractivity contribution < 1.29 is 14.6 Å². The highest BCUT2D eigenvalue weighted by molar-refractivity contribution is 6.42. The van der Waals surface area contributed by atoms with Gasteiger partial charge in [0.15, 0.2) is 6.73 Å². The summed E-state index contributed by atoms with van der Waals surface area (Å²) in [5.41, 5.74) is 9.80. The molecule has 0 saturated heterocycles. The SMILES string of the molecule is [N-]=[N+]=NCOc1ccc(NC(=O)O)c(-c2ccc(Cl)c(Cl)c2)c1. The van der Waals surface area contributed by atoms with Crippen molar-refractivity contribution >= 4 is 35.0 Å². The number of hydrogen-bond donors (Lipinski definition) is 2. The Labute approximate surface area is 141 Å². The number of ether oxygens (including phenoxy) is 1. The molecule has 2 aromatic rings. The summed E-state index contributed by atoms with van der Waals surface area (Å²) in [5, 5.41) is 15.2. The van der Waals surface area contributed by atoms with E-state index in [1.807, 2.05) is 0 Å². The largest absolute Gasteiger partial charge is 0.487 e. The van der Waals surface area contributed by atoms with Crippen LogP contribution in [0.3, 0.4) is 0 Å². The molecule has 9 heteroatoms. The zero-order chi connectivity index (χ0) is 16.8. The third-order valence-corrected chi connectivity index (χ3v) is 3.55. The van der Waals surface area contributed by atoms with E-state index in [2.05, 4.69) is 15.3 Å². The second-order valence-corrected chi connectivity index (χ2v) is 5.09. The smallest absolute Gasteiger partial charge is 0.409 e. The summed E-state index contributed by atoms with van der Waals surface area (Å²) in [6.07, 6.45) is -1.20. The molecule has 0 unspecified atom stereocenters. The van der Waals surface area contributed by atoms with Gasteiger partial charge in [-0.05, 0) is 41.4 Å². The predicted molar refractivity (Wildman–Crippen MR) is 88.2 cm³/mol. The zero-order valence-electron chi connectivity index (χ0n) is 11.5. The number of halogens is 2. The van der Waals surface area contributed by atoms with Crippen molar-refractivity contribution in [3.8, 4) is 16.9 Å². The molecule has 2 aromatic carbocycles. The number of azide groups is 1. The molecule has 0 saturated carbocycles. The summed E-state index contributed by atoms with van der Waals surface area (Å²) < 4.78 is 5.27. The Morgan fingerprint density at radius 2 is 2.04 bits per heavy atom. The average molecular weight is 353 g/mol. The van der Waals surface area contributed by atoms with Crippen LogP contribution in [0.15, 0.2) is 41.5 Å². The minimum atomic E-state index is -1.20. The van der Waals surface area contributed by atoms with Crippen molar-refractivity contribution in [3.63, 3.8) is 0 Å². The lowest BCUT2D eigenvalue weighted by Gasteiger charge is -2.12. The van der Waals surface area contributed by atoms with Gasteiger partial charge in [0.25, 0.3) is 0 Å². The first-order valence-corrected chi connectivity index (χ1v) is 7.00. The van der Waals surface area contributed by atoms with E-state index in [9.17, 15) is 4.79 Å². The van der Waals surface area contributed by atoms with E-state index in [1.54, 1.807) is 30.3 Å². The third-order valence-electron chi connectivity index (χ3n) is 2.82. The van der Waals surface area contributed by atoms with E-state index in [-0.39, 0.29) is 6.73 Å². The van der Waals surface area contributed by atoms with Gasteiger partial charge in [-0.25, -0.2) is 4.79 Å². The summed E-state index contributed by atoms with van der Waals surface area (Å²) in [6.45, 7) is -0.178. The number of anilines is 1. The first kappa shape index (κ1) is 16.8. The minimum Gasteiger partial charge on any atom is -0.487 e. The van der Waals surface area contributed by atoms with Crippen LogP contribution in [0.1, 0.15) is 0 Å². The lowest BCUT2D eigenvalue weighted by atomic mass is 10.0. The number of benzene rings is 2.